The van der Waals surface area contributed by atoms with Crippen molar-refractivity contribution >= 4 is 12.4 Å². The zero-order valence-electron chi connectivity index (χ0n) is 10.6. The molecule has 0 saturated heterocycles. The molecular weight excluding hydrogens is 237 g/mol. The molecule has 0 radical (unpaired) electrons. The molecule has 0 atom stereocenters. The molecule has 3 heteroatoms. The van der Waals surface area contributed by atoms with Crippen molar-refractivity contribution in [3.63, 3.8) is 0 Å². The fraction of sp³-hybridized carbons (Fsp3) is 0.571. The molecule has 0 amide bonds. The Hall–Kier alpha value is -0.600. The summed E-state index contributed by atoms with van der Waals surface area (Å²) < 4.78 is 13.4. The monoisotopic (exact) mass is 257 g/mol. The van der Waals surface area contributed by atoms with Crippen molar-refractivity contribution in [3.05, 3.63) is 35.1 Å². The lowest BCUT2D eigenvalue weighted by atomic mass is 10.0. The Morgan fingerprint density at radius 1 is 1.35 bits per heavy atom. The lowest BCUT2D eigenvalue weighted by molar-refractivity contribution is 0.440. The van der Waals surface area contributed by atoms with Crippen LogP contribution in [0, 0.1) is 18.2 Å². The van der Waals surface area contributed by atoms with Gasteiger partial charge in [-0.05, 0) is 37.7 Å². The SMILES string of the molecule is CCC1(CNCc2cc(C)ccc2F)CC1.Cl. The highest BCUT2D eigenvalue weighted by Crippen LogP contribution is 2.47. The van der Waals surface area contributed by atoms with E-state index in [0.717, 1.165) is 17.7 Å². The second-order valence-electron chi connectivity index (χ2n) is 5.05. The Bertz CT molecular complexity index is 374. The van der Waals surface area contributed by atoms with Crippen LogP contribution in [-0.4, -0.2) is 6.54 Å². The standard InChI is InChI=1S/C14H20FN.ClH/c1-3-14(6-7-14)10-16-9-12-8-11(2)4-5-13(12)15;/h4-5,8,16H,3,6-7,9-10H2,1-2H3;1H. The van der Waals surface area contributed by atoms with E-state index < -0.39 is 0 Å². The van der Waals surface area contributed by atoms with Crippen LogP contribution in [0.15, 0.2) is 18.2 Å². The van der Waals surface area contributed by atoms with Crippen LogP contribution in [0.5, 0.6) is 0 Å². The Morgan fingerprint density at radius 2 is 2.06 bits per heavy atom. The van der Waals surface area contributed by atoms with Crippen LogP contribution in [0.1, 0.15) is 37.3 Å². The first-order valence-electron chi connectivity index (χ1n) is 6.11. The molecule has 0 spiro atoms. The minimum absolute atomic E-state index is 0. The Balaban J connectivity index is 0.00000144. The van der Waals surface area contributed by atoms with E-state index in [1.807, 2.05) is 19.1 Å². The molecular formula is C14H21ClFN. The first-order valence-corrected chi connectivity index (χ1v) is 6.11. The highest BCUT2D eigenvalue weighted by molar-refractivity contribution is 5.85. The minimum Gasteiger partial charge on any atom is -0.312 e. The van der Waals surface area contributed by atoms with E-state index in [2.05, 4.69) is 12.2 Å². The summed E-state index contributed by atoms with van der Waals surface area (Å²) in [6, 6.07) is 5.29. The molecule has 0 aromatic heterocycles. The van der Waals surface area contributed by atoms with Crippen LogP contribution in [0.25, 0.3) is 0 Å². The van der Waals surface area contributed by atoms with Crippen molar-refractivity contribution in [2.24, 2.45) is 5.41 Å². The van der Waals surface area contributed by atoms with Crippen molar-refractivity contribution in [1.29, 1.82) is 0 Å². The fourth-order valence-electron chi connectivity index (χ4n) is 2.13. The zero-order chi connectivity index (χ0) is 11.6. The maximum Gasteiger partial charge on any atom is 0.127 e. The molecule has 1 nitrogen and oxygen atoms in total. The Labute approximate surface area is 109 Å². The van der Waals surface area contributed by atoms with E-state index >= 15 is 0 Å². The second kappa shape index (κ2) is 5.83. The summed E-state index contributed by atoms with van der Waals surface area (Å²) in [4.78, 5) is 0. The molecule has 0 bridgehead atoms. The van der Waals surface area contributed by atoms with Gasteiger partial charge in [0.05, 0.1) is 0 Å². The highest BCUT2D eigenvalue weighted by Gasteiger charge is 2.39. The maximum absolute atomic E-state index is 13.4. The van der Waals surface area contributed by atoms with Gasteiger partial charge in [0.1, 0.15) is 5.82 Å². The average Bonchev–Trinajstić information content (AvgIpc) is 3.04. The molecule has 1 saturated carbocycles. The van der Waals surface area contributed by atoms with Gasteiger partial charge in [-0.3, -0.25) is 0 Å². The smallest absolute Gasteiger partial charge is 0.127 e. The highest BCUT2D eigenvalue weighted by atomic mass is 35.5. The van der Waals surface area contributed by atoms with Gasteiger partial charge in [-0.1, -0.05) is 24.6 Å². The van der Waals surface area contributed by atoms with Crippen LogP contribution < -0.4 is 5.32 Å². The van der Waals surface area contributed by atoms with E-state index in [0.29, 0.717) is 12.0 Å². The third kappa shape index (κ3) is 3.68. The molecule has 0 heterocycles. The van der Waals surface area contributed by atoms with Crippen molar-refractivity contribution in [1.82, 2.24) is 5.32 Å². The van der Waals surface area contributed by atoms with Crippen LogP contribution in [0.2, 0.25) is 0 Å². The summed E-state index contributed by atoms with van der Waals surface area (Å²) in [6.45, 7) is 5.91. The van der Waals surface area contributed by atoms with E-state index in [-0.39, 0.29) is 18.2 Å². The maximum atomic E-state index is 13.4. The van der Waals surface area contributed by atoms with E-state index in [4.69, 9.17) is 0 Å². The molecule has 1 aliphatic carbocycles. The molecule has 0 unspecified atom stereocenters. The largest absolute Gasteiger partial charge is 0.312 e. The molecule has 1 fully saturated rings. The van der Waals surface area contributed by atoms with Crippen molar-refractivity contribution in [3.8, 4) is 0 Å². The topological polar surface area (TPSA) is 12.0 Å². The molecule has 1 aliphatic rings. The minimum atomic E-state index is -0.0977. The molecule has 1 aromatic carbocycles. The van der Waals surface area contributed by atoms with Crippen molar-refractivity contribution in [2.45, 2.75) is 39.7 Å². The van der Waals surface area contributed by atoms with Gasteiger partial charge in [0.15, 0.2) is 0 Å². The Morgan fingerprint density at radius 3 is 2.65 bits per heavy atom. The van der Waals surface area contributed by atoms with Gasteiger partial charge in [0.25, 0.3) is 0 Å². The summed E-state index contributed by atoms with van der Waals surface area (Å²) in [5, 5.41) is 3.38. The molecule has 1 N–H and O–H groups in total. The second-order valence-corrected chi connectivity index (χ2v) is 5.05. The lowest BCUT2D eigenvalue weighted by Crippen LogP contribution is -2.23. The van der Waals surface area contributed by atoms with E-state index in [1.165, 1.54) is 19.3 Å². The van der Waals surface area contributed by atoms with Gasteiger partial charge in [-0.2, -0.15) is 0 Å². The van der Waals surface area contributed by atoms with Crippen LogP contribution in [0.4, 0.5) is 4.39 Å². The summed E-state index contributed by atoms with van der Waals surface area (Å²) >= 11 is 0. The van der Waals surface area contributed by atoms with E-state index in [1.54, 1.807) is 6.07 Å². The molecule has 2 rings (SSSR count). The number of aryl methyl sites for hydroxylation is 1. The number of hydrogen-bond acceptors (Lipinski definition) is 1. The number of rotatable bonds is 5. The van der Waals surface area contributed by atoms with E-state index in [9.17, 15) is 4.39 Å². The summed E-state index contributed by atoms with van der Waals surface area (Å²) in [6.07, 6.45) is 3.88. The summed E-state index contributed by atoms with van der Waals surface area (Å²) in [7, 11) is 0. The third-order valence-corrected chi connectivity index (χ3v) is 3.72. The van der Waals surface area contributed by atoms with Gasteiger partial charge < -0.3 is 5.32 Å². The first-order chi connectivity index (χ1) is 7.65. The molecule has 0 aliphatic heterocycles. The number of hydrogen-bond donors (Lipinski definition) is 1. The van der Waals surface area contributed by atoms with Crippen molar-refractivity contribution in [2.75, 3.05) is 6.54 Å². The van der Waals surface area contributed by atoms with Crippen LogP contribution >= 0.6 is 12.4 Å². The van der Waals surface area contributed by atoms with Gasteiger partial charge >= 0.3 is 0 Å². The molecule has 17 heavy (non-hydrogen) atoms. The van der Waals surface area contributed by atoms with Crippen molar-refractivity contribution < 1.29 is 4.39 Å². The number of nitrogens with one attached hydrogen (secondary N) is 1. The van der Waals surface area contributed by atoms with Gasteiger partial charge in [0, 0.05) is 18.7 Å². The zero-order valence-corrected chi connectivity index (χ0v) is 11.4. The van der Waals surface area contributed by atoms with Gasteiger partial charge in [0.2, 0.25) is 0 Å². The normalized spacial score (nSPS) is 16.4. The predicted octanol–water partition coefficient (Wildman–Crippen LogP) is 3.84. The lowest BCUT2D eigenvalue weighted by Gasteiger charge is -2.13. The quantitative estimate of drug-likeness (QED) is 0.845. The van der Waals surface area contributed by atoms with Crippen LogP contribution in [-0.2, 0) is 6.54 Å². The third-order valence-electron chi connectivity index (χ3n) is 3.72. The summed E-state index contributed by atoms with van der Waals surface area (Å²) in [5.74, 6) is -0.0977. The predicted molar refractivity (Wildman–Crippen MR) is 72.0 cm³/mol. The van der Waals surface area contributed by atoms with Gasteiger partial charge in [-0.25, -0.2) is 4.39 Å². The number of benzene rings is 1. The van der Waals surface area contributed by atoms with Crippen LogP contribution in [0.3, 0.4) is 0 Å². The first kappa shape index (κ1) is 14.5. The average molecular weight is 258 g/mol. The molecule has 96 valence electrons. The molecule has 1 aromatic rings. The number of halogens is 2. The summed E-state index contributed by atoms with van der Waals surface area (Å²) in [5.41, 5.74) is 2.43. The fourth-order valence-corrected chi connectivity index (χ4v) is 2.13. The van der Waals surface area contributed by atoms with Gasteiger partial charge in [-0.15, -0.1) is 12.4 Å². The Kier molecular flexibility index (Phi) is 4.96.